The first kappa shape index (κ1) is 12.0. The lowest BCUT2D eigenvalue weighted by Gasteiger charge is -2.30. The van der Waals surface area contributed by atoms with Gasteiger partial charge in [0.15, 0.2) is 0 Å². The largest absolute Gasteiger partial charge is 0.396 e. The molecule has 1 atom stereocenters. The molecule has 14 heavy (non-hydrogen) atoms. The second-order valence-electron chi connectivity index (χ2n) is 4.40. The molecule has 0 aliphatic heterocycles. The molecule has 3 heteroatoms. The van der Waals surface area contributed by atoms with Crippen LogP contribution in [0.2, 0.25) is 0 Å². The summed E-state index contributed by atoms with van der Waals surface area (Å²) < 4.78 is 0. The monoisotopic (exact) mass is 200 g/mol. The van der Waals surface area contributed by atoms with Gasteiger partial charge in [-0.3, -0.25) is 0 Å². The van der Waals surface area contributed by atoms with Crippen molar-refractivity contribution in [1.29, 1.82) is 0 Å². The summed E-state index contributed by atoms with van der Waals surface area (Å²) in [7, 11) is 0. The van der Waals surface area contributed by atoms with E-state index in [-0.39, 0.29) is 6.61 Å². The van der Waals surface area contributed by atoms with Gasteiger partial charge in [-0.2, -0.15) is 0 Å². The highest BCUT2D eigenvalue weighted by Crippen LogP contribution is 2.18. The quantitative estimate of drug-likeness (QED) is 0.620. The molecule has 1 aliphatic carbocycles. The molecule has 0 spiro atoms. The van der Waals surface area contributed by atoms with Gasteiger partial charge in [-0.15, -0.1) is 0 Å². The van der Waals surface area contributed by atoms with E-state index < -0.39 is 0 Å². The zero-order chi connectivity index (χ0) is 10.4. The Morgan fingerprint density at radius 2 is 2.00 bits per heavy atom. The topological polar surface area (TPSA) is 58.3 Å². The summed E-state index contributed by atoms with van der Waals surface area (Å²) >= 11 is 0. The van der Waals surface area contributed by atoms with E-state index in [0.29, 0.717) is 18.1 Å². The van der Waals surface area contributed by atoms with Crippen LogP contribution in [0.15, 0.2) is 0 Å². The molecule has 1 unspecified atom stereocenters. The number of hydrogen-bond donors (Lipinski definition) is 3. The van der Waals surface area contributed by atoms with E-state index in [1.54, 1.807) is 0 Å². The molecule has 0 saturated heterocycles. The van der Waals surface area contributed by atoms with E-state index in [0.717, 1.165) is 25.7 Å². The molecular formula is C11H24N2O. The SMILES string of the molecule is CCC(CCO)N[C@H]1CC[C@H](N)CC1. The molecule has 0 amide bonds. The van der Waals surface area contributed by atoms with Gasteiger partial charge in [0.05, 0.1) is 0 Å². The third-order valence-corrected chi connectivity index (χ3v) is 3.21. The first-order valence-corrected chi connectivity index (χ1v) is 5.88. The molecule has 0 radical (unpaired) electrons. The number of aliphatic hydroxyl groups is 1. The van der Waals surface area contributed by atoms with Gasteiger partial charge in [-0.1, -0.05) is 6.92 Å². The van der Waals surface area contributed by atoms with Gasteiger partial charge in [-0.25, -0.2) is 0 Å². The van der Waals surface area contributed by atoms with Crippen LogP contribution in [0.1, 0.15) is 45.4 Å². The molecule has 0 bridgehead atoms. The number of rotatable bonds is 5. The van der Waals surface area contributed by atoms with E-state index in [2.05, 4.69) is 12.2 Å². The van der Waals surface area contributed by atoms with Gasteiger partial charge < -0.3 is 16.2 Å². The second kappa shape index (κ2) is 6.38. The molecule has 1 aliphatic rings. The number of nitrogens with two attached hydrogens (primary N) is 1. The van der Waals surface area contributed by atoms with Crippen LogP contribution in [-0.4, -0.2) is 29.8 Å². The molecule has 1 rings (SSSR count). The first-order valence-electron chi connectivity index (χ1n) is 5.88. The molecule has 3 nitrogen and oxygen atoms in total. The average molecular weight is 200 g/mol. The molecule has 1 saturated carbocycles. The minimum atomic E-state index is 0.289. The Hall–Kier alpha value is -0.120. The van der Waals surface area contributed by atoms with Crippen molar-refractivity contribution in [3.8, 4) is 0 Å². The highest BCUT2D eigenvalue weighted by Gasteiger charge is 2.20. The van der Waals surface area contributed by atoms with E-state index >= 15 is 0 Å². The molecule has 0 aromatic rings. The van der Waals surface area contributed by atoms with Crippen molar-refractivity contribution in [3.05, 3.63) is 0 Å². The molecular weight excluding hydrogens is 176 g/mol. The summed E-state index contributed by atoms with van der Waals surface area (Å²) in [5.74, 6) is 0. The Labute approximate surface area is 87.1 Å². The third-order valence-electron chi connectivity index (χ3n) is 3.21. The Bertz CT molecular complexity index is 144. The highest BCUT2D eigenvalue weighted by atomic mass is 16.3. The van der Waals surface area contributed by atoms with Gasteiger partial charge in [0, 0.05) is 24.7 Å². The molecule has 1 fully saturated rings. The normalized spacial score (nSPS) is 30.2. The third kappa shape index (κ3) is 3.95. The predicted molar refractivity (Wildman–Crippen MR) is 59.1 cm³/mol. The van der Waals surface area contributed by atoms with Gasteiger partial charge in [0.1, 0.15) is 0 Å². The van der Waals surface area contributed by atoms with Gasteiger partial charge >= 0.3 is 0 Å². The maximum atomic E-state index is 8.88. The molecule has 0 heterocycles. The van der Waals surface area contributed by atoms with Crippen LogP contribution in [-0.2, 0) is 0 Å². The minimum absolute atomic E-state index is 0.289. The highest BCUT2D eigenvalue weighted by molar-refractivity contribution is 4.81. The summed E-state index contributed by atoms with van der Waals surface area (Å²) in [5.41, 5.74) is 5.85. The van der Waals surface area contributed by atoms with Gasteiger partial charge in [-0.05, 0) is 38.5 Å². The van der Waals surface area contributed by atoms with Gasteiger partial charge in [0.25, 0.3) is 0 Å². The van der Waals surface area contributed by atoms with Crippen molar-refractivity contribution in [2.45, 2.75) is 63.6 Å². The van der Waals surface area contributed by atoms with Crippen LogP contribution in [0, 0.1) is 0 Å². The summed E-state index contributed by atoms with van der Waals surface area (Å²) in [4.78, 5) is 0. The summed E-state index contributed by atoms with van der Waals surface area (Å²) in [6, 6.07) is 1.54. The van der Waals surface area contributed by atoms with Crippen molar-refractivity contribution in [2.24, 2.45) is 5.73 Å². The van der Waals surface area contributed by atoms with Crippen molar-refractivity contribution in [3.63, 3.8) is 0 Å². The number of nitrogens with one attached hydrogen (secondary N) is 1. The molecule has 0 aromatic heterocycles. The summed E-state index contributed by atoms with van der Waals surface area (Å²) in [6.07, 6.45) is 6.66. The van der Waals surface area contributed by atoms with Crippen molar-refractivity contribution < 1.29 is 5.11 Å². The first-order chi connectivity index (χ1) is 6.76. The summed E-state index contributed by atoms with van der Waals surface area (Å²) in [5, 5.41) is 12.5. The van der Waals surface area contributed by atoms with Crippen LogP contribution in [0.5, 0.6) is 0 Å². The van der Waals surface area contributed by atoms with Crippen molar-refractivity contribution >= 4 is 0 Å². The van der Waals surface area contributed by atoms with Crippen LogP contribution in [0.4, 0.5) is 0 Å². The molecule has 4 N–H and O–H groups in total. The van der Waals surface area contributed by atoms with Crippen LogP contribution in [0.3, 0.4) is 0 Å². The maximum Gasteiger partial charge on any atom is 0.0445 e. The standard InChI is InChI=1S/C11H24N2O/c1-2-10(7-8-14)13-11-5-3-9(12)4-6-11/h9-11,13-14H,2-8,12H2,1H3/t9-,10?,11-. The Morgan fingerprint density at radius 1 is 1.36 bits per heavy atom. The fourth-order valence-electron chi connectivity index (χ4n) is 2.18. The van der Waals surface area contributed by atoms with E-state index in [1.807, 2.05) is 0 Å². The Morgan fingerprint density at radius 3 is 2.50 bits per heavy atom. The van der Waals surface area contributed by atoms with E-state index in [4.69, 9.17) is 10.8 Å². The van der Waals surface area contributed by atoms with E-state index in [9.17, 15) is 0 Å². The van der Waals surface area contributed by atoms with Crippen molar-refractivity contribution in [1.82, 2.24) is 5.32 Å². The second-order valence-corrected chi connectivity index (χ2v) is 4.40. The zero-order valence-electron chi connectivity index (χ0n) is 9.21. The molecule has 0 aromatic carbocycles. The smallest absolute Gasteiger partial charge is 0.0445 e. The summed E-state index contributed by atoms with van der Waals surface area (Å²) in [6.45, 7) is 2.46. The Kier molecular flexibility index (Phi) is 5.45. The van der Waals surface area contributed by atoms with Crippen LogP contribution < -0.4 is 11.1 Å². The zero-order valence-corrected chi connectivity index (χ0v) is 9.21. The van der Waals surface area contributed by atoms with Crippen LogP contribution in [0.25, 0.3) is 0 Å². The van der Waals surface area contributed by atoms with E-state index in [1.165, 1.54) is 12.8 Å². The minimum Gasteiger partial charge on any atom is -0.396 e. The van der Waals surface area contributed by atoms with Gasteiger partial charge in [0.2, 0.25) is 0 Å². The van der Waals surface area contributed by atoms with Crippen LogP contribution >= 0.6 is 0 Å². The average Bonchev–Trinajstić information content (AvgIpc) is 2.20. The lowest BCUT2D eigenvalue weighted by Crippen LogP contribution is -2.42. The maximum absolute atomic E-state index is 8.88. The molecule has 84 valence electrons. The fraction of sp³-hybridized carbons (Fsp3) is 1.00. The predicted octanol–water partition coefficient (Wildman–Crippen LogP) is 1.01. The van der Waals surface area contributed by atoms with Crippen molar-refractivity contribution in [2.75, 3.05) is 6.61 Å². The number of hydrogen-bond acceptors (Lipinski definition) is 3. The fourth-order valence-corrected chi connectivity index (χ4v) is 2.18. The lowest BCUT2D eigenvalue weighted by atomic mass is 9.91. The lowest BCUT2D eigenvalue weighted by molar-refractivity contribution is 0.241. The number of aliphatic hydroxyl groups excluding tert-OH is 1. The Balaban J connectivity index is 2.21.